The van der Waals surface area contributed by atoms with Gasteiger partial charge < -0.3 is 5.73 Å². The SMILES string of the molecule is Cc1cc(F)ccc1S(=O)(=O)Nc1c(N)c(C)nn1C. The van der Waals surface area contributed by atoms with Crippen LogP contribution in [0.2, 0.25) is 0 Å². The molecule has 0 aliphatic carbocycles. The Labute approximate surface area is 116 Å². The minimum absolute atomic E-state index is 0.00264. The highest BCUT2D eigenvalue weighted by Gasteiger charge is 2.21. The normalized spacial score (nSPS) is 11.6. The Morgan fingerprint density at radius 1 is 1.35 bits per heavy atom. The van der Waals surface area contributed by atoms with E-state index in [1.807, 2.05) is 0 Å². The summed E-state index contributed by atoms with van der Waals surface area (Å²) in [6.07, 6.45) is 0. The highest BCUT2D eigenvalue weighted by atomic mass is 32.2. The van der Waals surface area contributed by atoms with Crippen LogP contribution in [0, 0.1) is 19.7 Å². The molecular formula is C12H15FN4O2S. The van der Waals surface area contributed by atoms with E-state index < -0.39 is 15.8 Å². The highest BCUT2D eigenvalue weighted by Crippen LogP contribution is 2.25. The predicted molar refractivity (Wildman–Crippen MR) is 74.3 cm³/mol. The van der Waals surface area contributed by atoms with Gasteiger partial charge in [-0.2, -0.15) is 5.10 Å². The fourth-order valence-corrected chi connectivity index (χ4v) is 3.23. The van der Waals surface area contributed by atoms with Gasteiger partial charge in [0.2, 0.25) is 0 Å². The molecule has 3 N–H and O–H groups in total. The van der Waals surface area contributed by atoms with Gasteiger partial charge in [-0.25, -0.2) is 17.5 Å². The third-order valence-electron chi connectivity index (χ3n) is 2.93. The lowest BCUT2D eigenvalue weighted by atomic mass is 10.2. The summed E-state index contributed by atoms with van der Waals surface area (Å²) in [4.78, 5) is -0.00264. The van der Waals surface area contributed by atoms with Gasteiger partial charge in [-0.15, -0.1) is 0 Å². The van der Waals surface area contributed by atoms with Gasteiger partial charge in [0.05, 0.1) is 16.3 Å². The van der Waals surface area contributed by atoms with Gasteiger partial charge in [0.1, 0.15) is 5.82 Å². The zero-order valence-electron chi connectivity index (χ0n) is 11.3. The molecule has 0 atom stereocenters. The van der Waals surface area contributed by atoms with Crippen LogP contribution in [0.5, 0.6) is 0 Å². The molecule has 2 aromatic rings. The highest BCUT2D eigenvalue weighted by molar-refractivity contribution is 7.92. The molecule has 0 bridgehead atoms. The second-order valence-corrected chi connectivity index (χ2v) is 6.14. The van der Waals surface area contributed by atoms with Crippen molar-refractivity contribution >= 4 is 21.5 Å². The average molecular weight is 298 g/mol. The second-order valence-electron chi connectivity index (χ2n) is 4.49. The minimum atomic E-state index is -3.85. The molecule has 1 aromatic carbocycles. The van der Waals surface area contributed by atoms with Crippen LogP contribution >= 0.6 is 0 Å². The lowest BCUT2D eigenvalue weighted by Gasteiger charge is -2.11. The molecule has 8 heteroatoms. The maximum Gasteiger partial charge on any atom is 0.263 e. The Balaban J connectivity index is 2.46. The molecular weight excluding hydrogens is 283 g/mol. The predicted octanol–water partition coefficient (Wildman–Crippen LogP) is 1.56. The average Bonchev–Trinajstić information content (AvgIpc) is 2.55. The molecule has 0 unspecified atom stereocenters. The van der Waals surface area contributed by atoms with E-state index in [-0.39, 0.29) is 16.4 Å². The Bertz CT molecular complexity index is 768. The number of halogens is 1. The summed E-state index contributed by atoms with van der Waals surface area (Å²) in [5.41, 5.74) is 6.88. The molecule has 0 aliphatic rings. The fraction of sp³-hybridized carbons (Fsp3) is 0.250. The van der Waals surface area contributed by atoms with Crippen molar-refractivity contribution in [2.75, 3.05) is 10.5 Å². The zero-order valence-corrected chi connectivity index (χ0v) is 12.1. The van der Waals surface area contributed by atoms with E-state index in [0.717, 1.165) is 12.1 Å². The van der Waals surface area contributed by atoms with E-state index in [1.54, 1.807) is 14.0 Å². The van der Waals surface area contributed by atoms with Crippen molar-refractivity contribution in [1.82, 2.24) is 9.78 Å². The number of hydrogen-bond donors (Lipinski definition) is 2. The monoisotopic (exact) mass is 298 g/mol. The number of sulfonamides is 1. The van der Waals surface area contributed by atoms with Gasteiger partial charge in [-0.05, 0) is 37.6 Å². The first-order chi connectivity index (χ1) is 9.22. The first-order valence-electron chi connectivity index (χ1n) is 5.80. The summed E-state index contributed by atoms with van der Waals surface area (Å²) in [6, 6.07) is 3.47. The van der Waals surface area contributed by atoms with Crippen LogP contribution in [0.25, 0.3) is 0 Å². The van der Waals surface area contributed by atoms with Crippen molar-refractivity contribution in [2.45, 2.75) is 18.7 Å². The van der Waals surface area contributed by atoms with Crippen molar-refractivity contribution in [1.29, 1.82) is 0 Å². The van der Waals surface area contributed by atoms with Crippen molar-refractivity contribution < 1.29 is 12.8 Å². The largest absolute Gasteiger partial charge is 0.394 e. The topological polar surface area (TPSA) is 90.0 Å². The number of aryl methyl sites for hydroxylation is 3. The molecule has 20 heavy (non-hydrogen) atoms. The third kappa shape index (κ3) is 2.46. The van der Waals surface area contributed by atoms with Gasteiger partial charge in [0, 0.05) is 7.05 Å². The number of anilines is 2. The van der Waals surface area contributed by atoms with E-state index in [4.69, 9.17) is 5.73 Å². The number of hydrogen-bond acceptors (Lipinski definition) is 4. The molecule has 0 saturated heterocycles. The number of nitrogens with one attached hydrogen (secondary N) is 1. The van der Waals surface area contributed by atoms with Crippen molar-refractivity contribution in [3.05, 3.63) is 35.3 Å². The molecule has 0 aliphatic heterocycles. The van der Waals surface area contributed by atoms with Crippen molar-refractivity contribution in [3.8, 4) is 0 Å². The number of benzene rings is 1. The summed E-state index contributed by atoms with van der Waals surface area (Å²) in [7, 11) is -2.27. The Morgan fingerprint density at radius 3 is 2.50 bits per heavy atom. The van der Waals surface area contributed by atoms with Crippen LogP contribution in [-0.4, -0.2) is 18.2 Å². The maximum absolute atomic E-state index is 13.0. The molecule has 0 spiro atoms. The molecule has 2 rings (SSSR count). The van der Waals surface area contributed by atoms with E-state index in [1.165, 1.54) is 17.7 Å². The number of nitrogen functional groups attached to an aromatic ring is 1. The third-order valence-corrected chi connectivity index (χ3v) is 4.43. The second kappa shape index (κ2) is 4.78. The summed E-state index contributed by atoms with van der Waals surface area (Å²) in [5.74, 6) is -0.302. The summed E-state index contributed by atoms with van der Waals surface area (Å²) >= 11 is 0. The summed E-state index contributed by atoms with van der Waals surface area (Å²) in [5, 5.41) is 4.03. The number of rotatable bonds is 3. The molecule has 6 nitrogen and oxygen atoms in total. The van der Waals surface area contributed by atoms with Crippen molar-refractivity contribution in [3.63, 3.8) is 0 Å². The van der Waals surface area contributed by atoms with Gasteiger partial charge in [-0.1, -0.05) is 0 Å². The smallest absolute Gasteiger partial charge is 0.263 e. The molecule has 0 radical (unpaired) electrons. The molecule has 1 heterocycles. The van der Waals surface area contributed by atoms with E-state index in [9.17, 15) is 12.8 Å². The Kier molecular flexibility index (Phi) is 3.43. The maximum atomic E-state index is 13.0. The number of nitrogens with zero attached hydrogens (tertiary/aromatic N) is 2. The van der Waals surface area contributed by atoms with E-state index in [2.05, 4.69) is 9.82 Å². The fourth-order valence-electron chi connectivity index (χ4n) is 1.89. The lowest BCUT2D eigenvalue weighted by molar-refractivity contribution is 0.597. The van der Waals surface area contributed by atoms with Crippen LogP contribution in [-0.2, 0) is 17.1 Å². The summed E-state index contributed by atoms with van der Waals surface area (Å²) < 4.78 is 41.4. The van der Waals surface area contributed by atoms with Crippen molar-refractivity contribution in [2.24, 2.45) is 7.05 Å². The van der Waals surface area contributed by atoms with E-state index >= 15 is 0 Å². The number of nitrogens with two attached hydrogens (primary N) is 1. The van der Waals surface area contributed by atoms with E-state index in [0.29, 0.717) is 11.3 Å². The first kappa shape index (κ1) is 14.3. The molecule has 1 aromatic heterocycles. The standard InChI is InChI=1S/C12H15FN4O2S/c1-7-6-9(13)4-5-10(7)20(18,19)16-12-11(14)8(2)15-17(12)3/h4-6,16H,14H2,1-3H3. The van der Waals surface area contributed by atoms with Crippen LogP contribution < -0.4 is 10.5 Å². The van der Waals surface area contributed by atoms with Gasteiger partial charge in [0.25, 0.3) is 10.0 Å². The quantitative estimate of drug-likeness (QED) is 0.899. The summed E-state index contributed by atoms with van der Waals surface area (Å²) in [6.45, 7) is 3.20. The molecule has 0 fully saturated rings. The molecule has 108 valence electrons. The Morgan fingerprint density at radius 2 is 2.00 bits per heavy atom. The molecule has 0 saturated carbocycles. The van der Waals surface area contributed by atoms with Crippen LogP contribution in [0.4, 0.5) is 15.9 Å². The molecule has 0 amide bonds. The van der Waals surface area contributed by atoms with Gasteiger partial charge in [-0.3, -0.25) is 4.72 Å². The Hall–Kier alpha value is -2.09. The minimum Gasteiger partial charge on any atom is -0.394 e. The van der Waals surface area contributed by atoms with Crippen LogP contribution in [0.1, 0.15) is 11.3 Å². The first-order valence-corrected chi connectivity index (χ1v) is 7.28. The van der Waals surface area contributed by atoms with Crippen LogP contribution in [0.15, 0.2) is 23.1 Å². The van der Waals surface area contributed by atoms with Crippen LogP contribution in [0.3, 0.4) is 0 Å². The van der Waals surface area contributed by atoms with Gasteiger partial charge in [0.15, 0.2) is 5.82 Å². The van der Waals surface area contributed by atoms with Gasteiger partial charge >= 0.3 is 0 Å². The lowest BCUT2D eigenvalue weighted by Crippen LogP contribution is -2.17. The number of aromatic nitrogens is 2. The zero-order chi connectivity index (χ0) is 15.1.